The van der Waals surface area contributed by atoms with Crippen LogP contribution in [0.1, 0.15) is 24.5 Å². The quantitative estimate of drug-likeness (QED) is 0.604. The van der Waals surface area contributed by atoms with E-state index in [2.05, 4.69) is 9.62 Å². The van der Waals surface area contributed by atoms with Crippen LogP contribution >= 0.6 is 11.8 Å². The van der Waals surface area contributed by atoms with Gasteiger partial charge in [0.25, 0.3) is 0 Å². The summed E-state index contributed by atoms with van der Waals surface area (Å²) in [5, 5.41) is 0. The number of hydrogen-bond acceptors (Lipinski definition) is 5. The summed E-state index contributed by atoms with van der Waals surface area (Å²) in [6.45, 7) is 4.06. The molecule has 1 saturated heterocycles. The van der Waals surface area contributed by atoms with E-state index in [0.717, 1.165) is 17.7 Å². The van der Waals surface area contributed by atoms with Crippen LogP contribution in [-0.4, -0.2) is 74.1 Å². The third-order valence-electron chi connectivity index (χ3n) is 4.98. The topological polar surface area (TPSA) is 69.7 Å². The first-order valence-corrected chi connectivity index (χ1v) is 12.8. The summed E-state index contributed by atoms with van der Waals surface area (Å²) in [6.07, 6.45) is -2.03. The first-order valence-electron chi connectivity index (χ1n) is 9.72. The van der Waals surface area contributed by atoms with Crippen LogP contribution in [0.25, 0.3) is 0 Å². The average Bonchev–Trinajstić information content (AvgIpc) is 2.71. The van der Waals surface area contributed by atoms with Crippen LogP contribution in [0.15, 0.2) is 24.3 Å². The van der Waals surface area contributed by atoms with E-state index < -0.39 is 27.8 Å². The number of nitrogens with zero attached hydrogens (tertiary/aromatic N) is 2. The molecule has 2 rings (SSSR count). The van der Waals surface area contributed by atoms with Crippen LogP contribution in [0, 0.1) is 0 Å². The minimum Gasteiger partial charge on any atom is -0.339 e. The van der Waals surface area contributed by atoms with Crippen molar-refractivity contribution in [3.05, 3.63) is 35.4 Å². The number of amides is 1. The van der Waals surface area contributed by atoms with Crippen molar-refractivity contribution in [1.82, 2.24) is 14.5 Å². The number of nitrogens with one attached hydrogen (secondary N) is 1. The number of sulfonamides is 1. The lowest BCUT2D eigenvalue weighted by Crippen LogP contribution is -2.55. The lowest BCUT2D eigenvalue weighted by molar-refractivity contribution is -0.137. The van der Waals surface area contributed by atoms with E-state index in [1.165, 1.54) is 19.1 Å². The maximum Gasteiger partial charge on any atom is 0.416 e. The van der Waals surface area contributed by atoms with E-state index in [9.17, 15) is 26.4 Å². The molecular formula is C19H28F3N3O3S2. The van der Waals surface area contributed by atoms with E-state index >= 15 is 0 Å². The number of halogens is 3. The smallest absolute Gasteiger partial charge is 0.339 e. The zero-order valence-electron chi connectivity index (χ0n) is 17.1. The zero-order valence-corrected chi connectivity index (χ0v) is 18.7. The summed E-state index contributed by atoms with van der Waals surface area (Å²) >= 11 is 1.55. The van der Waals surface area contributed by atoms with Crippen molar-refractivity contribution < 1.29 is 26.4 Å². The summed E-state index contributed by atoms with van der Waals surface area (Å²) in [5.41, 5.74) is 0.101. The van der Waals surface area contributed by atoms with Gasteiger partial charge in [-0.25, -0.2) is 13.1 Å². The van der Waals surface area contributed by atoms with E-state index in [-0.39, 0.29) is 11.7 Å². The second-order valence-corrected chi connectivity index (χ2v) is 10.2. The van der Waals surface area contributed by atoms with Crippen LogP contribution in [-0.2, 0) is 27.5 Å². The number of rotatable bonds is 9. The fourth-order valence-corrected chi connectivity index (χ4v) is 4.46. The van der Waals surface area contributed by atoms with Crippen molar-refractivity contribution >= 4 is 27.7 Å². The third-order valence-corrected chi connectivity index (χ3v) is 7.03. The molecule has 0 bridgehead atoms. The number of hydrogen-bond donors (Lipinski definition) is 1. The maximum absolute atomic E-state index is 12.9. The Morgan fingerprint density at radius 3 is 2.27 bits per heavy atom. The second kappa shape index (κ2) is 10.8. The van der Waals surface area contributed by atoms with Crippen LogP contribution in [0.4, 0.5) is 13.2 Å². The number of piperazine rings is 1. The van der Waals surface area contributed by atoms with Gasteiger partial charge in [0.05, 0.1) is 11.3 Å². The van der Waals surface area contributed by atoms with Crippen molar-refractivity contribution in [2.24, 2.45) is 0 Å². The van der Waals surface area contributed by atoms with Crippen molar-refractivity contribution in [3.8, 4) is 0 Å². The summed E-state index contributed by atoms with van der Waals surface area (Å²) in [7, 11) is -3.50. The summed E-state index contributed by atoms with van der Waals surface area (Å²) in [4.78, 5) is 16.6. The Labute approximate surface area is 180 Å². The fraction of sp³-hybridized carbons (Fsp3) is 0.632. The highest BCUT2D eigenvalue weighted by molar-refractivity contribution is 7.98. The summed E-state index contributed by atoms with van der Waals surface area (Å²) in [5.74, 6) is 0.350. The minimum atomic E-state index is -4.35. The molecule has 0 radical (unpaired) electrons. The second-order valence-electron chi connectivity index (χ2n) is 7.15. The van der Waals surface area contributed by atoms with Gasteiger partial charge in [-0.15, -0.1) is 0 Å². The molecule has 6 nitrogen and oxygen atoms in total. The number of thioether (sulfide) groups is 1. The monoisotopic (exact) mass is 467 g/mol. The molecule has 1 atom stereocenters. The van der Waals surface area contributed by atoms with E-state index in [1.807, 2.05) is 6.26 Å². The average molecular weight is 468 g/mol. The predicted octanol–water partition coefficient (Wildman–Crippen LogP) is 2.41. The SMILES string of the molecule is CCS(=O)(=O)NC(CCSC)C(=O)N1CCN(Cc2ccc(C(F)(F)F)cc2)CC1. The Morgan fingerprint density at radius 1 is 1.17 bits per heavy atom. The molecule has 1 heterocycles. The van der Waals surface area contributed by atoms with E-state index in [0.29, 0.717) is 44.9 Å². The molecule has 1 aliphatic heterocycles. The highest BCUT2D eigenvalue weighted by Gasteiger charge is 2.31. The van der Waals surface area contributed by atoms with Gasteiger partial charge in [0.1, 0.15) is 6.04 Å². The number of carbonyl (C=O) groups excluding carboxylic acids is 1. The Hall–Kier alpha value is -1.30. The van der Waals surface area contributed by atoms with Crippen molar-refractivity contribution in [2.45, 2.75) is 32.1 Å². The maximum atomic E-state index is 12.9. The highest BCUT2D eigenvalue weighted by atomic mass is 32.2. The lowest BCUT2D eigenvalue weighted by Gasteiger charge is -2.36. The molecule has 11 heteroatoms. The van der Waals surface area contributed by atoms with E-state index in [4.69, 9.17) is 0 Å². The number of carbonyl (C=O) groups is 1. The van der Waals surface area contributed by atoms with Crippen LogP contribution in [0.3, 0.4) is 0 Å². The molecule has 1 aromatic carbocycles. The first kappa shape index (κ1) is 25.0. The Morgan fingerprint density at radius 2 is 1.77 bits per heavy atom. The molecule has 170 valence electrons. The van der Waals surface area contributed by atoms with Crippen LogP contribution < -0.4 is 4.72 Å². The largest absolute Gasteiger partial charge is 0.416 e. The number of benzene rings is 1. The van der Waals surface area contributed by atoms with Crippen molar-refractivity contribution in [2.75, 3.05) is 43.9 Å². The molecule has 1 N–H and O–H groups in total. The Kier molecular flexibility index (Phi) is 9.01. The van der Waals surface area contributed by atoms with Gasteiger partial charge in [-0.3, -0.25) is 9.69 Å². The molecule has 0 aliphatic carbocycles. The molecule has 1 unspecified atom stereocenters. The molecule has 30 heavy (non-hydrogen) atoms. The molecular weight excluding hydrogens is 439 g/mol. The van der Waals surface area contributed by atoms with Gasteiger partial charge in [0.2, 0.25) is 15.9 Å². The minimum absolute atomic E-state index is 0.0864. The zero-order chi connectivity index (χ0) is 22.4. The molecule has 1 aliphatic rings. The number of alkyl halides is 3. The standard InChI is InChI=1S/C19H28F3N3O3S2/c1-3-30(27,28)23-17(8-13-29-2)18(26)25-11-9-24(10-12-25)14-15-4-6-16(7-5-15)19(20,21)22/h4-7,17,23H,3,8-14H2,1-2H3. The van der Waals surface area contributed by atoms with Gasteiger partial charge in [0, 0.05) is 32.7 Å². The van der Waals surface area contributed by atoms with Crippen molar-refractivity contribution in [1.29, 1.82) is 0 Å². The molecule has 1 amide bonds. The Bertz CT molecular complexity index is 793. The first-order chi connectivity index (χ1) is 14.1. The van der Waals surface area contributed by atoms with E-state index in [1.54, 1.807) is 16.7 Å². The lowest BCUT2D eigenvalue weighted by atomic mass is 10.1. The molecule has 0 saturated carbocycles. The van der Waals surface area contributed by atoms with Gasteiger partial charge in [0.15, 0.2) is 0 Å². The fourth-order valence-electron chi connectivity index (χ4n) is 3.17. The molecule has 1 aromatic rings. The molecule has 0 spiro atoms. The molecule has 0 aromatic heterocycles. The van der Waals surface area contributed by atoms with Crippen molar-refractivity contribution in [3.63, 3.8) is 0 Å². The normalized spacial score (nSPS) is 17.2. The van der Waals surface area contributed by atoms with Gasteiger partial charge in [-0.2, -0.15) is 24.9 Å². The predicted molar refractivity (Wildman–Crippen MR) is 113 cm³/mol. The van der Waals surface area contributed by atoms with Gasteiger partial charge >= 0.3 is 6.18 Å². The van der Waals surface area contributed by atoms with Gasteiger partial charge in [-0.05, 0) is 43.0 Å². The Balaban J connectivity index is 1.92. The van der Waals surface area contributed by atoms with Gasteiger partial charge in [-0.1, -0.05) is 12.1 Å². The third kappa shape index (κ3) is 7.44. The van der Waals surface area contributed by atoms with Crippen LogP contribution in [0.5, 0.6) is 0 Å². The summed E-state index contributed by atoms with van der Waals surface area (Å²) < 4.78 is 64.4. The highest BCUT2D eigenvalue weighted by Crippen LogP contribution is 2.29. The van der Waals surface area contributed by atoms with Gasteiger partial charge < -0.3 is 4.90 Å². The van der Waals surface area contributed by atoms with Crippen LogP contribution in [0.2, 0.25) is 0 Å². The summed E-state index contributed by atoms with van der Waals surface area (Å²) in [6, 6.07) is 4.32. The molecule has 1 fully saturated rings.